The van der Waals surface area contributed by atoms with Crippen LogP contribution in [0.5, 0.6) is 0 Å². The molecule has 4 heterocycles. The van der Waals surface area contributed by atoms with Gasteiger partial charge >= 0.3 is 0 Å². The molecule has 3 aromatic heterocycles. The molecular weight excluding hydrogens is 795 g/mol. The van der Waals surface area contributed by atoms with Crippen LogP contribution in [0.2, 0.25) is 0 Å². The molecule has 5 nitrogen and oxygen atoms in total. The molecule has 0 aliphatic carbocycles. The van der Waals surface area contributed by atoms with E-state index in [1.807, 2.05) is 6.20 Å². The highest BCUT2D eigenvalue weighted by Gasteiger charge is 2.43. The maximum atomic E-state index is 5.20. The summed E-state index contributed by atoms with van der Waals surface area (Å²) >= 11 is 0. The molecule has 6 heteroatoms. The van der Waals surface area contributed by atoms with Crippen LogP contribution >= 0.6 is 0 Å². The highest BCUT2D eigenvalue weighted by Crippen LogP contribution is 2.55. The molecule has 0 unspecified atom stereocenters. The number of rotatable bonds is 7. The maximum absolute atomic E-state index is 5.20. The van der Waals surface area contributed by atoms with E-state index in [-0.39, 0.29) is 5.41 Å². The lowest BCUT2D eigenvalue weighted by Gasteiger charge is -2.42. The molecule has 0 amide bonds. The Labute approximate surface area is 374 Å². The van der Waals surface area contributed by atoms with E-state index >= 15 is 0 Å². The fraction of sp³-hybridized carbons (Fsp3) is 0.0690. The van der Waals surface area contributed by atoms with Crippen molar-refractivity contribution in [3.05, 3.63) is 230 Å². The van der Waals surface area contributed by atoms with Crippen molar-refractivity contribution in [2.24, 2.45) is 7.05 Å². The van der Waals surface area contributed by atoms with Gasteiger partial charge in [0.05, 0.1) is 27.9 Å². The van der Waals surface area contributed by atoms with Gasteiger partial charge in [0.25, 0.3) is 0 Å². The quantitative estimate of drug-likeness (QED) is 0.119. The Bertz CT molecular complexity index is 3510. The molecular formula is C58H45N5Si. The topological polar surface area (TPSA) is 38.9 Å². The van der Waals surface area contributed by atoms with Gasteiger partial charge in [-0.1, -0.05) is 166 Å². The van der Waals surface area contributed by atoms with E-state index in [9.17, 15) is 0 Å². The van der Waals surface area contributed by atoms with Crippen LogP contribution in [-0.4, -0.2) is 27.2 Å². The molecule has 12 rings (SSSR count). The van der Waals surface area contributed by atoms with Crippen molar-refractivity contribution in [2.45, 2.75) is 19.3 Å². The Morgan fingerprint density at radius 3 is 1.88 bits per heavy atom. The number of nitrogens with zero attached hydrogens (tertiary/aromatic N) is 5. The van der Waals surface area contributed by atoms with E-state index < -0.39 is 8.07 Å². The standard InChI is InChI=1S/C58H45N5Si/c1-58(2)49-31-13-15-33-51(49)62(41-21-7-4-8-22-41)53-36-35-47-48-30-19-37-59-57(48)63(55(47)54(53)58)42-23-18-29-46(39-42)64(43-24-9-5-10-25-43,44-26-11-6-12-27-44)45-28-17-20-40(38-45)56-60-50-32-14-16-34-52(50)61(56)3/h4-39H,1-3H3. The lowest BCUT2D eigenvalue weighted by Crippen LogP contribution is -2.74. The van der Waals surface area contributed by atoms with Crippen LogP contribution in [0.25, 0.3) is 50.0 Å². The predicted octanol–water partition coefficient (Wildman–Crippen LogP) is 11.2. The molecule has 0 radical (unpaired) electrons. The minimum atomic E-state index is -3.04. The van der Waals surface area contributed by atoms with Gasteiger partial charge in [-0.3, -0.25) is 4.57 Å². The van der Waals surface area contributed by atoms with E-state index in [1.54, 1.807) is 0 Å². The van der Waals surface area contributed by atoms with Crippen LogP contribution in [0.4, 0.5) is 17.1 Å². The first kappa shape index (κ1) is 37.9. The number of aromatic nitrogens is 4. The SMILES string of the molecule is Cn1c(-c2cccc([Si](c3ccccc3)(c3ccccc3)c3cccc(-n4c5ncccc5c5ccc6c(c54)C(C)(C)c4ccccc4N6c4ccccc4)c3)c2)nc2ccccc21. The minimum Gasteiger partial charge on any atom is -0.327 e. The van der Waals surface area contributed by atoms with E-state index in [0.29, 0.717) is 0 Å². The molecule has 64 heavy (non-hydrogen) atoms. The van der Waals surface area contributed by atoms with Crippen LogP contribution in [0.15, 0.2) is 219 Å². The summed E-state index contributed by atoms with van der Waals surface area (Å²) in [6.45, 7) is 4.78. The largest absolute Gasteiger partial charge is 0.327 e. The summed E-state index contributed by atoms with van der Waals surface area (Å²) in [5, 5.41) is 7.54. The second-order valence-corrected chi connectivity index (χ2v) is 21.3. The predicted molar refractivity (Wildman–Crippen MR) is 269 cm³/mol. The Balaban J connectivity index is 1.16. The molecule has 1 aliphatic rings. The number of aryl methyl sites for hydroxylation is 1. The van der Waals surface area contributed by atoms with Crippen LogP contribution in [-0.2, 0) is 12.5 Å². The number of imidazole rings is 1. The van der Waals surface area contributed by atoms with E-state index in [1.165, 1.54) is 54.2 Å². The summed E-state index contributed by atoms with van der Waals surface area (Å²) in [5.41, 5.74) is 12.2. The second-order valence-electron chi connectivity index (χ2n) is 17.5. The molecule has 0 spiro atoms. The molecule has 0 N–H and O–H groups in total. The summed E-state index contributed by atoms with van der Waals surface area (Å²) < 4.78 is 4.68. The molecule has 0 saturated carbocycles. The summed E-state index contributed by atoms with van der Waals surface area (Å²) in [7, 11) is -0.916. The fourth-order valence-corrected chi connectivity index (χ4v) is 15.7. The molecule has 1 aliphatic heterocycles. The maximum Gasteiger partial charge on any atom is 0.179 e. The van der Waals surface area contributed by atoms with E-state index in [4.69, 9.17) is 9.97 Å². The molecule has 0 fully saturated rings. The van der Waals surface area contributed by atoms with Gasteiger partial charge in [-0.15, -0.1) is 0 Å². The first-order chi connectivity index (χ1) is 31.4. The van der Waals surface area contributed by atoms with Crippen LogP contribution in [0.3, 0.4) is 0 Å². The van der Waals surface area contributed by atoms with E-state index in [0.717, 1.165) is 44.8 Å². The third kappa shape index (κ3) is 5.55. The third-order valence-corrected chi connectivity index (χ3v) is 18.4. The lowest BCUT2D eigenvalue weighted by atomic mass is 9.72. The number of benzene rings is 8. The van der Waals surface area contributed by atoms with Crippen LogP contribution in [0, 0.1) is 0 Å². The van der Waals surface area contributed by atoms with Crippen molar-refractivity contribution < 1.29 is 0 Å². The molecule has 8 aromatic carbocycles. The summed E-state index contributed by atoms with van der Waals surface area (Å²) in [6, 6.07) is 78.0. The summed E-state index contributed by atoms with van der Waals surface area (Å²) in [4.78, 5) is 12.8. The van der Waals surface area contributed by atoms with Crippen LogP contribution in [0.1, 0.15) is 25.0 Å². The summed E-state index contributed by atoms with van der Waals surface area (Å²) in [5.74, 6) is 0.954. The van der Waals surface area contributed by atoms with Gasteiger partial charge in [-0.05, 0) is 87.0 Å². The van der Waals surface area contributed by atoms with Gasteiger partial charge in [0.15, 0.2) is 8.07 Å². The van der Waals surface area contributed by atoms with Gasteiger partial charge in [0.2, 0.25) is 0 Å². The average molecular weight is 840 g/mol. The number of para-hydroxylation sites is 4. The molecule has 0 atom stereocenters. The number of pyridine rings is 1. The van der Waals surface area contributed by atoms with Gasteiger partial charge in [-0.2, -0.15) is 0 Å². The van der Waals surface area contributed by atoms with Crippen molar-refractivity contribution in [1.82, 2.24) is 19.1 Å². The van der Waals surface area contributed by atoms with Gasteiger partial charge in [-0.25, -0.2) is 9.97 Å². The van der Waals surface area contributed by atoms with Crippen LogP contribution < -0.4 is 25.6 Å². The van der Waals surface area contributed by atoms with Crippen molar-refractivity contribution in [2.75, 3.05) is 4.90 Å². The zero-order chi connectivity index (χ0) is 43.0. The number of fused-ring (bicyclic) bond motifs is 7. The Morgan fingerprint density at radius 1 is 0.500 bits per heavy atom. The van der Waals surface area contributed by atoms with Gasteiger partial charge < -0.3 is 9.47 Å². The first-order valence-corrected chi connectivity index (χ1v) is 24.1. The second kappa shape index (κ2) is 14.7. The minimum absolute atomic E-state index is 0.344. The fourth-order valence-electron chi connectivity index (χ4n) is 10.8. The Hall–Kier alpha value is -7.80. The Kier molecular flexibility index (Phi) is 8.68. The monoisotopic (exact) mass is 839 g/mol. The first-order valence-electron chi connectivity index (χ1n) is 22.1. The molecule has 11 aromatic rings. The zero-order valence-corrected chi connectivity index (χ0v) is 37.0. The van der Waals surface area contributed by atoms with Gasteiger partial charge in [0.1, 0.15) is 11.5 Å². The molecule has 0 bridgehead atoms. The Morgan fingerprint density at radius 2 is 1.12 bits per heavy atom. The smallest absolute Gasteiger partial charge is 0.179 e. The summed E-state index contributed by atoms with van der Waals surface area (Å²) in [6.07, 6.45) is 1.93. The normalized spacial score (nSPS) is 13.3. The lowest BCUT2D eigenvalue weighted by molar-refractivity contribution is 0.635. The zero-order valence-electron chi connectivity index (χ0n) is 36.0. The molecule has 306 valence electrons. The highest BCUT2D eigenvalue weighted by atomic mass is 28.3. The molecule has 0 saturated heterocycles. The highest BCUT2D eigenvalue weighted by molar-refractivity contribution is 7.20. The van der Waals surface area contributed by atoms with E-state index in [2.05, 4.69) is 247 Å². The van der Waals surface area contributed by atoms with Crippen molar-refractivity contribution >= 4 is 78.9 Å². The third-order valence-electron chi connectivity index (χ3n) is 13.7. The number of anilines is 3. The average Bonchev–Trinajstić information content (AvgIpc) is 3.87. The number of hydrogen-bond acceptors (Lipinski definition) is 3. The van der Waals surface area contributed by atoms with Gasteiger partial charge in [0, 0.05) is 51.9 Å². The number of hydrogen-bond donors (Lipinski definition) is 0. The van der Waals surface area contributed by atoms with Crippen molar-refractivity contribution in [3.8, 4) is 17.1 Å². The van der Waals surface area contributed by atoms with Crippen molar-refractivity contribution in [3.63, 3.8) is 0 Å². The van der Waals surface area contributed by atoms with Crippen molar-refractivity contribution in [1.29, 1.82) is 0 Å².